The number of allylic oxidation sites excluding steroid dienone is 1. The summed E-state index contributed by atoms with van der Waals surface area (Å²) in [5.41, 5.74) is 1.75. The van der Waals surface area contributed by atoms with E-state index in [-0.39, 0.29) is 5.69 Å². The van der Waals surface area contributed by atoms with Crippen LogP contribution in [0.15, 0.2) is 48.7 Å². The molecule has 0 aliphatic carbocycles. The van der Waals surface area contributed by atoms with Crippen LogP contribution in [0.2, 0.25) is 0 Å². The lowest BCUT2D eigenvalue weighted by molar-refractivity contribution is -0.131. The molecule has 3 rings (SSSR count). The normalized spacial score (nSPS) is 11.4. The lowest BCUT2D eigenvalue weighted by Crippen LogP contribution is -2.00. The molecule has 5 heteroatoms. The van der Waals surface area contributed by atoms with Crippen LogP contribution in [-0.4, -0.2) is 26.8 Å². The highest BCUT2D eigenvalue weighted by Crippen LogP contribution is 2.26. The van der Waals surface area contributed by atoms with Crippen molar-refractivity contribution >= 4 is 33.6 Å². The number of aromatic amines is 1. The number of carbonyl (C=O) groups is 2. The average Bonchev–Trinajstić information content (AvgIpc) is 2.83. The third-order valence-electron chi connectivity index (χ3n) is 3.04. The minimum atomic E-state index is -1.16. The number of hydrogen-bond acceptors (Lipinski definition) is 3. The van der Waals surface area contributed by atoms with E-state index in [0.717, 1.165) is 28.4 Å². The van der Waals surface area contributed by atoms with Crippen LogP contribution < -0.4 is 0 Å². The van der Waals surface area contributed by atoms with Gasteiger partial charge < -0.3 is 10.1 Å². The van der Waals surface area contributed by atoms with Crippen LogP contribution in [0.3, 0.4) is 0 Å². The van der Waals surface area contributed by atoms with E-state index in [1.807, 2.05) is 30.3 Å². The average molecular weight is 266 g/mol. The van der Waals surface area contributed by atoms with Crippen molar-refractivity contribution in [2.45, 2.75) is 0 Å². The molecule has 0 bridgehead atoms. The standard InChI is InChI=1S/C15H10N2O3/c18-12(5-6-13(19)20)15-14-10(7-8-16-15)9-3-1-2-4-11(9)17-14/h1-8,17H,(H,19,20)/b6-5+. The highest BCUT2D eigenvalue weighted by molar-refractivity contribution is 6.17. The van der Waals surface area contributed by atoms with Gasteiger partial charge in [-0.25, -0.2) is 4.79 Å². The molecule has 0 spiro atoms. The van der Waals surface area contributed by atoms with Gasteiger partial charge in [0, 0.05) is 28.6 Å². The zero-order valence-corrected chi connectivity index (χ0v) is 10.3. The number of nitrogens with zero attached hydrogens (tertiary/aromatic N) is 1. The molecule has 2 aromatic heterocycles. The third kappa shape index (κ3) is 1.95. The highest BCUT2D eigenvalue weighted by atomic mass is 16.4. The Hall–Kier alpha value is -2.95. The number of para-hydroxylation sites is 1. The van der Waals surface area contributed by atoms with Crippen LogP contribution >= 0.6 is 0 Å². The molecule has 98 valence electrons. The molecule has 0 unspecified atom stereocenters. The van der Waals surface area contributed by atoms with E-state index >= 15 is 0 Å². The van der Waals surface area contributed by atoms with E-state index in [2.05, 4.69) is 9.97 Å². The van der Waals surface area contributed by atoms with Gasteiger partial charge in [0.1, 0.15) is 5.69 Å². The van der Waals surface area contributed by atoms with E-state index in [1.165, 1.54) is 0 Å². The number of rotatable bonds is 3. The first-order valence-electron chi connectivity index (χ1n) is 5.97. The van der Waals surface area contributed by atoms with Gasteiger partial charge in [0.05, 0.1) is 5.52 Å². The Bertz CT molecular complexity index is 862. The highest BCUT2D eigenvalue weighted by Gasteiger charge is 2.13. The molecular formula is C15H10N2O3. The molecule has 2 heterocycles. The van der Waals surface area contributed by atoms with Gasteiger partial charge in [0.2, 0.25) is 5.78 Å². The van der Waals surface area contributed by atoms with E-state index in [4.69, 9.17) is 5.11 Å². The fourth-order valence-corrected chi connectivity index (χ4v) is 2.19. The quantitative estimate of drug-likeness (QED) is 0.563. The van der Waals surface area contributed by atoms with E-state index in [9.17, 15) is 9.59 Å². The maximum Gasteiger partial charge on any atom is 0.328 e. The van der Waals surface area contributed by atoms with Crippen LogP contribution in [0.4, 0.5) is 0 Å². The Morgan fingerprint density at radius 1 is 1.10 bits per heavy atom. The summed E-state index contributed by atoms with van der Waals surface area (Å²) in [5.74, 6) is -1.60. The topological polar surface area (TPSA) is 83.0 Å². The molecule has 0 radical (unpaired) electrons. The summed E-state index contributed by atoms with van der Waals surface area (Å²) in [6, 6.07) is 9.51. The molecule has 0 saturated carbocycles. The lowest BCUT2D eigenvalue weighted by atomic mass is 10.1. The van der Waals surface area contributed by atoms with Gasteiger partial charge in [0.15, 0.2) is 0 Å². The van der Waals surface area contributed by atoms with Gasteiger partial charge in [-0.1, -0.05) is 18.2 Å². The van der Waals surface area contributed by atoms with Crippen LogP contribution in [-0.2, 0) is 4.79 Å². The molecule has 0 amide bonds. The Balaban J connectivity index is 2.21. The first-order valence-corrected chi connectivity index (χ1v) is 5.97. The Labute approximate surface area is 113 Å². The van der Waals surface area contributed by atoms with Crippen LogP contribution in [0.1, 0.15) is 10.5 Å². The number of pyridine rings is 1. The number of carbonyl (C=O) groups excluding carboxylic acids is 1. The van der Waals surface area contributed by atoms with Gasteiger partial charge in [-0.3, -0.25) is 9.78 Å². The summed E-state index contributed by atoms with van der Waals surface area (Å²) >= 11 is 0. The number of carboxylic acid groups (broad SMARTS) is 1. The number of H-pyrrole nitrogens is 1. The number of hydrogen-bond donors (Lipinski definition) is 2. The van der Waals surface area contributed by atoms with Crippen molar-refractivity contribution in [1.82, 2.24) is 9.97 Å². The second-order valence-corrected chi connectivity index (χ2v) is 4.29. The second-order valence-electron chi connectivity index (χ2n) is 4.29. The minimum absolute atomic E-state index is 0.219. The largest absolute Gasteiger partial charge is 0.478 e. The van der Waals surface area contributed by atoms with Crippen molar-refractivity contribution in [3.05, 3.63) is 54.4 Å². The zero-order chi connectivity index (χ0) is 14.1. The smallest absolute Gasteiger partial charge is 0.328 e. The number of fused-ring (bicyclic) bond motifs is 3. The van der Waals surface area contributed by atoms with Crippen molar-refractivity contribution < 1.29 is 14.7 Å². The predicted molar refractivity (Wildman–Crippen MR) is 74.7 cm³/mol. The van der Waals surface area contributed by atoms with E-state index < -0.39 is 11.8 Å². The SMILES string of the molecule is O=C(O)/C=C/C(=O)c1nccc2c1[nH]c1ccccc12. The molecule has 1 aromatic carbocycles. The molecule has 5 nitrogen and oxygen atoms in total. The summed E-state index contributed by atoms with van der Waals surface area (Å²) in [5, 5.41) is 10.5. The number of ketones is 1. The van der Waals surface area contributed by atoms with Gasteiger partial charge in [-0.05, 0) is 18.2 Å². The molecule has 0 fully saturated rings. The Morgan fingerprint density at radius 3 is 2.70 bits per heavy atom. The maximum atomic E-state index is 12.0. The first kappa shape index (κ1) is 12.1. The summed E-state index contributed by atoms with van der Waals surface area (Å²) in [6.45, 7) is 0. The van der Waals surface area contributed by atoms with Crippen molar-refractivity contribution in [2.75, 3.05) is 0 Å². The van der Waals surface area contributed by atoms with Gasteiger partial charge in [-0.2, -0.15) is 0 Å². The lowest BCUT2D eigenvalue weighted by Gasteiger charge is -1.97. The van der Waals surface area contributed by atoms with Gasteiger partial charge >= 0.3 is 5.97 Å². The van der Waals surface area contributed by atoms with Crippen molar-refractivity contribution in [3.8, 4) is 0 Å². The number of nitrogens with one attached hydrogen (secondary N) is 1. The van der Waals surface area contributed by atoms with Gasteiger partial charge in [-0.15, -0.1) is 0 Å². The summed E-state index contributed by atoms with van der Waals surface area (Å²) in [4.78, 5) is 29.7. The molecule has 0 aliphatic heterocycles. The van der Waals surface area contributed by atoms with E-state index in [0.29, 0.717) is 5.52 Å². The molecule has 3 aromatic rings. The monoisotopic (exact) mass is 266 g/mol. The first-order chi connectivity index (χ1) is 9.66. The van der Waals surface area contributed by atoms with Gasteiger partial charge in [0.25, 0.3) is 0 Å². The van der Waals surface area contributed by atoms with Crippen LogP contribution in [0, 0.1) is 0 Å². The fourth-order valence-electron chi connectivity index (χ4n) is 2.19. The summed E-state index contributed by atoms with van der Waals surface area (Å²) < 4.78 is 0. The fraction of sp³-hybridized carbons (Fsp3) is 0. The summed E-state index contributed by atoms with van der Waals surface area (Å²) in [7, 11) is 0. The molecule has 0 atom stereocenters. The zero-order valence-electron chi connectivity index (χ0n) is 10.3. The van der Waals surface area contributed by atoms with E-state index in [1.54, 1.807) is 6.20 Å². The van der Waals surface area contributed by atoms with Crippen molar-refractivity contribution in [3.63, 3.8) is 0 Å². The van der Waals surface area contributed by atoms with Crippen LogP contribution in [0.25, 0.3) is 21.8 Å². The van der Waals surface area contributed by atoms with Crippen molar-refractivity contribution in [1.29, 1.82) is 0 Å². The summed E-state index contributed by atoms with van der Waals surface area (Å²) in [6.07, 6.45) is 3.37. The Morgan fingerprint density at radius 2 is 1.90 bits per heavy atom. The number of aliphatic carboxylic acids is 1. The third-order valence-corrected chi connectivity index (χ3v) is 3.04. The number of carboxylic acids is 1. The van der Waals surface area contributed by atoms with Crippen LogP contribution in [0.5, 0.6) is 0 Å². The number of aromatic nitrogens is 2. The molecule has 20 heavy (non-hydrogen) atoms. The van der Waals surface area contributed by atoms with Crippen molar-refractivity contribution in [2.24, 2.45) is 0 Å². The Kier molecular flexibility index (Phi) is 2.80. The minimum Gasteiger partial charge on any atom is -0.478 e. The predicted octanol–water partition coefficient (Wildman–Crippen LogP) is 2.54. The molecule has 2 N–H and O–H groups in total. The maximum absolute atomic E-state index is 12.0. The number of benzene rings is 1. The molecular weight excluding hydrogens is 256 g/mol. The second kappa shape index (κ2) is 4.62. The molecule has 0 saturated heterocycles. The molecule has 0 aliphatic rings.